The molecule has 2 saturated heterocycles. The standard InChI is InChI=1S/C19H32N6O3/c1-2-28-19(26)15-5-3-8-25(13-15)18-16(20)17(22-14-23-18)21-6-4-7-24-9-11-27-12-10-24/h14-15H,2-13,20H2,1H3,(H,21,22,23). The fourth-order valence-corrected chi connectivity index (χ4v) is 3.74. The second kappa shape index (κ2) is 10.4. The first-order valence-electron chi connectivity index (χ1n) is 10.2. The van der Waals surface area contributed by atoms with Crippen LogP contribution in [-0.4, -0.2) is 79.9 Å². The first kappa shape index (κ1) is 20.6. The molecule has 0 saturated carbocycles. The number of nitrogens with one attached hydrogen (secondary N) is 1. The number of nitrogens with zero attached hydrogens (tertiary/aromatic N) is 4. The van der Waals surface area contributed by atoms with Crippen molar-refractivity contribution >= 4 is 23.3 Å². The molecular formula is C19H32N6O3. The van der Waals surface area contributed by atoms with Gasteiger partial charge in [0.25, 0.3) is 0 Å². The Kier molecular flexibility index (Phi) is 7.67. The molecule has 2 aliphatic heterocycles. The highest BCUT2D eigenvalue weighted by Crippen LogP contribution is 2.30. The van der Waals surface area contributed by atoms with Crippen LogP contribution >= 0.6 is 0 Å². The van der Waals surface area contributed by atoms with Gasteiger partial charge in [0.2, 0.25) is 0 Å². The number of aromatic nitrogens is 2. The number of hydrogen-bond acceptors (Lipinski definition) is 9. The summed E-state index contributed by atoms with van der Waals surface area (Å²) in [5.41, 5.74) is 6.89. The molecule has 9 nitrogen and oxygen atoms in total. The highest BCUT2D eigenvalue weighted by Gasteiger charge is 2.29. The zero-order valence-electron chi connectivity index (χ0n) is 16.7. The zero-order chi connectivity index (χ0) is 19.8. The maximum Gasteiger partial charge on any atom is 0.310 e. The lowest BCUT2D eigenvalue weighted by atomic mass is 9.98. The van der Waals surface area contributed by atoms with Crippen molar-refractivity contribution in [3.8, 4) is 0 Å². The minimum atomic E-state index is -0.138. The molecule has 0 radical (unpaired) electrons. The van der Waals surface area contributed by atoms with E-state index in [1.807, 2.05) is 6.92 Å². The van der Waals surface area contributed by atoms with Crippen LogP contribution in [0, 0.1) is 5.92 Å². The van der Waals surface area contributed by atoms with Crippen LogP contribution in [-0.2, 0) is 14.3 Å². The molecule has 0 amide bonds. The number of nitrogen functional groups attached to an aromatic ring is 1. The van der Waals surface area contributed by atoms with Gasteiger partial charge < -0.3 is 25.4 Å². The lowest BCUT2D eigenvalue weighted by Gasteiger charge is -2.33. The zero-order valence-corrected chi connectivity index (χ0v) is 16.7. The minimum Gasteiger partial charge on any atom is -0.466 e. The fraction of sp³-hybridized carbons (Fsp3) is 0.737. The van der Waals surface area contributed by atoms with Crippen LogP contribution < -0.4 is 16.0 Å². The molecule has 156 valence electrons. The summed E-state index contributed by atoms with van der Waals surface area (Å²) in [6.07, 6.45) is 4.29. The average Bonchev–Trinajstić information content (AvgIpc) is 2.73. The molecule has 0 aliphatic carbocycles. The quantitative estimate of drug-likeness (QED) is 0.494. The summed E-state index contributed by atoms with van der Waals surface area (Å²) in [7, 11) is 0. The average molecular weight is 393 g/mol. The minimum absolute atomic E-state index is 0.131. The van der Waals surface area contributed by atoms with Crippen molar-refractivity contribution in [2.75, 3.05) is 75.0 Å². The third-order valence-corrected chi connectivity index (χ3v) is 5.25. The van der Waals surface area contributed by atoms with Gasteiger partial charge in [0.15, 0.2) is 11.6 Å². The van der Waals surface area contributed by atoms with Crippen molar-refractivity contribution in [2.24, 2.45) is 5.92 Å². The molecule has 0 bridgehead atoms. The number of nitrogens with two attached hydrogens (primary N) is 1. The Morgan fingerprint density at radius 1 is 1.36 bits per heavy atom. The number of hydrogen-bond donors (Lipinski definition) is 2. The fourth-order valence-electron chi connectivity index (χ4n) is 3.74. The third-order valence-electron chi connectivity index (χ3n) is 5.25. The van der Waals surface area contributed by atoms with Crippen LogP contribution in [0.25, 0.3) is 0 Å². The van der Waals surface area contributed by atoms with E-state index < -0.39 is 0 Å². The number of piperidine rings is 1. The number of morpholine rings is 1. The topological polar surface area (TPSA) is 106 Å². The van der Waals surface area contributed by atoms with Gasteiger partial charge in [-0.3, -0.25) is 9.69 Å². The smallest absolute Gasteiger partial charge is 0.310 e. The monoisotopic (exact) mass is 392 g/mol. The summed E-state index contributed by atoms with van der Waals surface area (Å²) in [5, 5.41) is 3.33. The van der Waals surface area contributed by atoms with Crippen LogP contribution in [0.2, 0.25) is 0 Å². The first-order chi connectivity index (χ1) is 13.7. The summed E-state index contributed by atoms with van der Waals surface area (Å²) in [6.45, 7) is 9.10. The van der Waals surface area contributed by atoms with E-state index >= 15 is 0 Å². The Morgan fingerprint density at radius 2 is 2.18 bits per heavy atom. The molecule has 3 N–H and O–H groups in total. The molecular weight excluding hydrogens is 360 g/mol. The van der Waals surface area contributed by atoms with E-state index in [1.165, 1.54) is 6.33 Å². The molecule has 0 spiro atoms. The molecule has 2 aliphatic rings. The lowest BCUT2D eigenvalue weighted by molar-refractivity contribution is -0.148. The predicted octanol–water partition coefficient (Wildman–Crippen LogP) is 0.973. The van der Waals surface area contributed by atoms with Gasteiger partial charge in [-0.05, 0) is 32.7 Å². The maximum atomic E-state index is 12.1. The van der Waals surface area contributed by atoms with Crippen LogP contribution in [0.3, 0.4) is 0 Å². The Balaban J connectivity index is 1.53. The van der Waals surface area contributed by atoms with Gasteiger partial charge in [0, 0.05) is 32.7 Å². The van der Waals surface area contributed by atoms with Crippen LogP contribution in [0.1, 0.15) is 26.2 Å². The molecule has 1 unspecified atom stereocenters. The van der Waals surface area contributed by atoms with Gasteiger partial charge in [-0.25, -0.2) is 9.97 Å². The van der Waals surface area contributed by atoms with Gasteiger partial charge in [-0.1, -0.05) is 0 Å². The first-order valence-corrected chi connectivity index (χ1v) is 10.2. The Hall–Kier alpha value is -2.13. The summed E-state index contributed by atoms with van der Waals surface area (Å²) in [6, 6.07) is 0. The maximum absolute atomic E-state index is 12.1. The van der Waals surface area contributed by atoms with Gasteiger partial charge in [0.1, 0.15) is 12.0 Å². The SMILES string of the molecule is CCOC(=O)C1CCCN(c2ncnc(NCCCN3CCOCC3)c2N)C1. The summed E-state index contributed by atoms with van der Waals surface area (Å²) in [5.74, 6) is 1.08. The van der Waals surface area contributed by atoms with Crippen molar-refractivity contribution in [2.45, 2.75) is 26.2 Å². The Labute approximate surface area is 166 Å². The summed E-state index contributed by atoms with van der Waals surface area (Å²) >= 11 is 0. The van der Waals surface area contributed by atoms with Crippen LogP contribution in [0.15, 0.2) is 6.33 Å². The van der Waals surface area contributed by atoms with E-state index in [-0.39, 0.29) is 11.9 Å². The van der Waals surface area contributed by atoms with Crippen molar-refractivity contribution < 1.29 is 14.3 Å². The van der Waals surface area contributed by atoms with Crippen LogP contribution in [0.4, 0.5) is 17.3 Å². The Bertz CT molecular complexity index is 638. The molecule has 1 aromatic heterocycles. The molecule has 3 rings (SSSR count). The second-order valence-corrected chi connectivity index (χ2v) is 7.23. The molecule has 9 heteroatoms. The van der Waals surface area contributed by atoms with Crippen molar-refractivity contribution in [1.29, 1.82) is 0 Å². The number of carbonyl (C=O) groups excluding carboxylic acids is 1. The highest BCUT2D eigenvalue weighted by molar-refractivity contribution is 5.77. The number of carbonyl (C=O) groups is 1. The van der Waals surface area contributed by atoms with Crippen molar-refractivity contribution in [3.05, 3.63) is 6.33 Å². The van der Waals surface area contributed by atoms with Gasteiger partial charge >= 0.3 is 5.97 Å². The lowest BCUT2D eigenvalue weighted by Crippen LogP contribution is -2.40. The second-order valence-electron chi connectivity index (χ2n) is 7.23. The number of rotatable bonds is 8. The van der Waals surface area contributed by atoms with E-state index in [0.717, 1.165) is 65.2 Å². The van der Waals surface area contributed by atoms with Crippen molar-refractivity contribution in [3.63, 3.8) is 0 Å². The third kappa shape index (κ3) is 5.45. The largest absolute Gasteiger partial charge is 0.466 e. The summed E-state index contributed by atoms with van der Waals surface area (Å²) in [4.78, 5) is 25.3. The van der Waals surface area contributed by atoms with Crippen molar-refractivity contribution in [1.82, 2.24) is 14.9 Å². The number of ether oxygens (including phenoxy) is 2. The number of anilines is 3. The van der Waals surface area contributed by atoms with E-state index in [2.05, 4.69) is 25.1 Å². The highest BCUT2D eigenvalue weighted by atomic mass is 16.5. The predicted molar refractivity (Wildman–Crippen MR) is 108 cm³/mol. The van der Waals surface area contributed by atoms with E-state index in [0.29, 0.717) is 30.5 Å². The van der Waals surface area contributed by atoms with Gasteiger partial charge in [-0.15, -0.1) is 0 Å². The van der Waals surface area contributed by atoms with E-state index in [1.54, 1.807) is 0 Å². The van der Waals surface area contributed by atoms with E-state index in [4.69, 9.17) is 15.2 Å². The molecule has 1 atom stereocenters. The van der Waals surface area contributed by atoms with E-state index in [9.17, 15) is 4.79 Å². The summed E-state index contributed by atoms with van der Waals surface area (Å²) < 4.78 is 10.6. The van der Waals surface area contributed by atoms with Crippen LogP contribution in [0.5, 0.6) is 0 Å². The molecule has 2 fully saturated rings. The molecule has 3 heterocycles. The normalized spacial score (nSPS) is 20.8. The Morgan fingerprint density at radius 3 is 2.96 bits per heavy atom. The van der Waals surface area contributed by atoms with Gasteiger partial charge in [0.05, 0.1) is 25.7 Å². The van der Waals surface area contributed by atoms with Gasteiger partial charge in [-0.2, -0.15) is 0 Å². The number of esters is 1. The molecule has 0 aromatic carbocycles. The molecule has 1 aromatic rings. The molecule has 28 heavy (non-hydrogen) atoms.